The Morgan fingerprint density at radius 3 is 2.33 bits per heavy atom. The van der Waals surface area contributed by atoms with Crippen LogP contribution in [0, 0.1) is 22.2 Å². The van der Waals surface area contributed by atoms with Gasteiger partial charge in [0.1, 0.15) is 24.0 Å². The number of rotatable bonds is 12. The summed E-state index contributed by atoms with van der Waals surface area (Å²) < 4.78 is 6.36. The second-order valence-corrected chi connectivity index (χ2v) is 17.2. The number of imide groups is 2. The Labute approximate surface area is 338 Å². The zero-order chi connectivity index (χ0) is 40.6. The lowest BCUT2D eigenvalue weighted by atomic mass is 9.49. The highest BCUT2D eigenvalue weighted by molar-refractivity contribution is 6.31. The van der Waals surface area contributed by atoms with Crippen molar-refractivity contribution in [1.82, 2.24) is 20.4 Å². The number of ether oxygens (including phenoxy) is 1. The number of carbonyl (C=O) groups is 5. The predicted molar refractivity (Wildman–Crippen MR) is 216 cm³/mol. The van der Waals surface area contributed by atoms with Gasteiger partial charge in [0, 0.05) is 48.0 Å². The smallest absolute Gasteiger partial charge is 0.262 e. The largest absolute Gasteiger partial charge is 0.489 e. The number of aryl methyl sites for hydroxylation is 1. The fraction of sp³-hybridized carbons (Fsp3) is 0.422. The van der Waals surface area contributed by atoms with Crippen molar-refractivity contribution in [2.24, 2.45) is 10.8 Å². The second-order valence-electron chi connectivity index (χ2n) is 16.8. The number of hydrogen-bond donors (Lipinski definition) is 2. The molecule has 12 heteroatoms. The molecule has 3 aliphatic heterocycles. The van der Waals surface area contributed by atoms with Gasteiger partial charge >= 0.3 is 0 Å². The molecule has 296 valence electrons. The van der Waals surface area contributed by atoms with Gasteiger partial charge in [0.2, 0.25) is 11.8 Å². The average molecular weight is 790 g/mol. The van der Waals surface area contributed by atoms with Crippen LogP contribution in [0.3, 0.4) is 0 Å². The van der Waals surface area contributed by atoms with Crippen molar-refractivity contribution in [2.75, 3.05) is 19.6 Å². The summed E-state index contributed by atoms with van der Waals surface area (Å²) in [6.45, 7) is 11.1. The molecule has 0 bridgehead atoms. The van der Waals surface area contributed by atoms with Gasteiger partial charge in [-0.05, 0) is 91.7 Å². The van der Waals surface area contributed by atoms with Gasteiger partial charge in [0.05, 0.1) is 21.7 Å². The molecule has 5 amide bonds. The van der Waals surface area contributed by atoms with Crippen molar-refractivity contribution < 1.29 is 28.7 Å². The van der Waals surface area contributed by atoms with Gasteiger partial charge in [0.15, 0.2) is 0 Å². The highest BCUT2D eigenvalue weighted by Gasteiger charge is 2.64. The SMILES string of the molecule is CC1(C)C(NC(=O)c2ccc(CCCCCN3CC=C(c4ccc5c(c4)C(=O)N(C4CCC(=O)NC4=O)C5=O)CC3)cc2)C(C)(C)C1Oc1ccc(C#N)c(Cl)c1. The topological polar surface area (TPSA) is 149 Å². The number of piperidine rings is 1. The molecule has 4 aliphatic rings. The van der Waals surface area contributed by atoms with E-state index in [2.05, 4.69) is 55.4 Å². The van der Waals surface area contributed by atoms with Crippen molar-refractivity contribution in [3.05, 3.63) is 105 Å². The van der Waals surface area contributed by atoms with Crippen molar-refractivity contribution in [2.45, 2.75) is 90.8 Å². The summed E-state index contributed by atoms with van der Waals surface area (Å²) in [6.07, 6.45) is 7.22. The summed E-state index contributed by atoms with van der Waals surface area (Å²) in [4.78, 5) is 67.1. The van der Waals surface area contributed by atoms with Gasteiger partial charge in [-0.25, -0.2) is 0 Å². The molecule has 0 radical (unpaired) electrons. The third-order valence-corrected chi connectivity index (χ3v) is 12.5. The molecule has 57 heavy (non-hydrogen) atoms. The van der Waals surface area contributed by atoms with Gasteiger partial charge in [-0.3, -0.25) is 39.1 Å². The van der Waals surface area contributed by atoms with Crippen LogP contribution in [0.2, 0.25) is 5.02 Å². The maximum Gasteiger partial charge on any atom is 0.262 e. The molecule has 1 unspecified atom stereocenters. The van der Waals surface area contributed by atoms with E-state index in [1.165, 1.54) is 5.56 Å². The molecule has 0 spiro atoms. The quantitative estimate of drug-likeness (QED) is 0.152. The van der Waals surface area contributed by atoms with E-state index < -0.39 is 29.7 Å². The maximum atomic E-state index is 13.4. The summed E-state index contributed by atoms with van der Waals surface area (Å²) in [5, 5.41) is 15.0. The number of carbonyl (C=O) groups excluding carboxylic acids is 5. The maximum absolute atomic E-state index is 13.4. The first-order chi connectivity index (χ1) is 27.2. The van der Waals surface area contributed by atoms with Gasteiger partial charge in [0.25, 0.3) is 17.7 Å². The number of fused-ring (bicyclic) bond motifs is 1. The first kappa shape index (κ1) is 39.9. The van der Waals surface area contributed by atoms with Gasteiger partial charge in [-0.15, -0.1) is 0 Å². The van der Waals surface area contributed by atoms with Crippen LogP contribution in [0.25, 0.3) is 5.57 Å². The molecule has 1 saturated heterocycles. The lowest BCUT2D eigenvalue weighted by Gasteiger charge is -2.63. The van der Waals surface area contributed by atoms with Crippen LogP contribution in [0.5, 0.6) is 5.75 Å². The predicted octanol–water partition coefficient (Wildman–Crippen LogP) is 6.73. The normalized spacial score (nSPS) is 22.6. The Morgan fingerprint density at radius 2 is 1.67 bits per heavy atom. The van der Waals surface area contributed by atoms with Gasteiger partial charge in [-0.1, -0.05) is 70.0 Å². The highest BCUT2D eigenvalue weighted by Crippen LogP contribution is 2.55. The van der Waals surface area contributed by atoms with E-state index in [9.17, 15) is 29.2 Å². The number of benzene rings is 3. The monoisotopic (exact) mass is 789 g/mol. The van der Waals surface area contributed by atoms with Crippen molar-refractivity contribution in [1.29, 1.82) is 5.26 Å². The van der Waals surface area contributed by atoms with E-state index >= 15 is 0 Å². The van der Waals surface area contributed by atoms with Crippen molar-refractivity contribution >= 4 is 46.7 Å². The minimum Gasteiger partial charge on any atom is -0.489 e. The van der Waals surface area contributed by atoms with Gasteiger partial charge in [-0.2, -0.15) is 5.26 Å². The van der Waals surface area contributed by atoms with Crippen LogP contribution in [0.15, 0.2) is 66.7 Å². The van der Waals surface area contributed by atoms with Crippen LogP contribution in [0.4, 0.5) is 0 Å². The summed E-state index contributed by atoms with van der Waals surface area (Å²) >= 11 is 6.23. The zero-order valence-corrected chi connectivity index (χ0v) is 33.6. The van der Waals surface area contributed by atoms with Crippen molar-refractivity contribution in [3.8, 4) is 11.8 Å². The number of unbranched alkanes of at least 4 members (excludes halogenated alkanes) is 2. The molecular formula is C45H48ClN5O6. The van der Waals surface area contributed by atoms with E-state index in [-0.39, 0.29) is 41.7 Å². The van der Waals surface area contributed by atoms with E-state index in [0.717, 1.165) is 67.8 Å². The summed E-state index contributed by atoms with van der Waals surface area (Å²) in [5.74, 6) is -1.50. The van der Waals surface area contributed by atoms with Crippen LogP contribution >= 0.6 is 11.6 Å². The van der Waals surface area contributed by atoms with E-state index in [1.54, 1.807) is 30.3 Å². The number of amides is 5. The van der Waals surface area contributed by atoms with Crippen LogP contribution in [0.1, 0.15) is 114 Å². The molecule has 11 nitrogen and oxygen atoms in total. The molecule has 3 heterocycles. The number of nitriles is 1. The molecule has 3 aromatic carbocycles. The van der Waals surface area contributed by atoms with E-state index in [0.29, 0.717) is 33.0 Å². The highest BCUT2D eigenvalue weighted by atomic mass is 35.5. The van der Waals surface area contributed by atoms with E-state index in [1.807, 2.05) is 30.3 Å². The van der Waals surface area contributed by atoms with Crippen LogP contribution < -0.4 is 15.4 Å². The fourth-order valence-corrected chi connectivity index (χ4v) is 9.53. The first-order valence-corrected chi connectivity index (χ1v) is 20.1. The fourth-order valence-electron chi connectivity index (χ4n) is 9.32. The molecule has 1 aliphatic carbocycles. The average Bonchev–Trinajstić information content (AvgIpc) is 3.44. The zero-order valence-electron chi connectivity index (χ0n) is 32.8. The lowest BCUT2D eigenvalue weighted by molar-refractivity contribution is -0.164. The molecule has 0 aromatic heterocycles. The van der Waals surface area contributed by atoms with Crippen LogP contribution in [-0.4, -0.2) is 77.2 Å². The Hall–Kier alpha value is -5.31. The standard InChI is InChI=1S/C45H48ClN5O6/c1-44(2)42(45(3,4)43(44)57-32-15-13-31(26-47)35(46)25-32)49-38(53)29-11-9-27(10-12-29)8-6-5-7-21-50-22-19-28(20-23-50)30-14-16-33-34(24-30)41(56)51(40(33)55)36-17-18-37(52)48-39(36)54/h9-16,19,24-25,36,42-43H,5-8,17-18,20-23H2,1-4H3,(H,49,53)(H,48,52,54). The second kappa shape index (κ2) is 15.9. The third-order valence-electron chi connectivity index (χ3n) is 12.2. The minimum atomic E-state index is -0.973. The Bertz CT molecular complexity index is 2190. The Morgan fingerprint density at radius 1 is 0.930 bits per heavy atom. The first-order valence-electron chi connectivity index (χ1n) is 19.7. The third kappa shape index (κ3) is 7.85. The number of hydrogen-bond acceptors (Lipinski definition) is 8. The molecule has 2 fully saturated rings. The molecular weight excluding hydrogens is 742 g/mol. The molecule has 3 aromatic rings. The van der Waals surface area contributed by atoms with Gasteiger partial charge < -0.3 is 10.1 Å². The number of halogens is 1. The summed E-state index contributed by atoms with van der Waals surface area (Å²) in [6, 6.07) is 19.2. The summed E-state index contributed by atoms with van der Waals surface area (Å²) in [7, 11) is 0. The number of nitrogens with one attached hydrogen (secondary N) is 2. The summed E-state index contributed by atoms with van der Waals surface area (Å²) in [5.41, 5.74) is 4.17. The van der Waals surface area contributed by atoms with E-state index in [4.69, 9.17) is 16.3 Å². The molecule has 1 atom stereocenters. The minimum absolute atomic E-state index is 0.0902. The molecule has 7 rings (SSSR count). The molecule has 1 saturated carbocycles. The lowest BCUT2D eigenvalue weighted by Crippen LogP contribution is -2.74. The number of nitrogens with zero attached hydrogens (tertiary/aromatic N) is 3. The molecule has 2 N–H and O–H groups in total. The van der Waals surface area contributed by atoms with Crippen molar-refractivity contribution in [3.63, 3.8) is 0 Å². The Kier molecular flexibility index (Phi) is 11.1. The Balaban J connectivity index is 0.837. The van der Waals surface area contributed by atoms with Crippen LogP contribution in [-0.2, 0) is 16.0 Å².